The molecule has 0 spiro atoms. The third-order valence-corrected chi connectivity index (χ3v) is 2.63. The highest BCUT2D eigenvalue weighted by molar-refractivity contribution is 7.16. The molecule has 0 N–H and O–H groups in total. The van der Waals surface area contributed by atoms with Gasteiger partial charge in [0.25, 0.3) is 0 Å². The van der Waals surface area contributed by atoms with Crippen molar-refractivity contribution in [3.8, 4) is 0 Å². The molecular weight excluding hydrogens is 127 g/mol. The quantitative estimate of drug-likeness (QED) is 0.523. The predicted molar refractivity (Wildman–Crippen MR) is 45.8 cm³/mol. The summed E-state index contributed by atoms with van der Waals surface area (Å²) in [4.78, 5) is 0. The van der Waals surface area contributed by atoms with Crippen LogP contribution in [-0.4, -0.2) is 6.16 Å². The Morgan fingerprint density at radius 3 is 2.33 bits per heavy atom. The Kier molecular flexibility index (Phi) is 3.58. The third-order valence-electron chi connectivity index (χ3n) is 2.30. The molecule has 1 atom stereocenters. The minimum absolute atomic E-state index is 1.08. The van der Waals surface area contributed by atoms with E-state index in [9.17, 15) is 0 Å². The van der Waals surface area contributed by atoms with Crippen molar-refractivity contribution in [1.82, 2.24) is 0 Å². The molecule has 0 aromatic carbocycles. The summed E-state index contributed by atoms with van der Waals surface area (Å²) >= 11 is 0. The van der Waals surface area contributed by atoms with Crippen LogP contribution >= 0.6 is 9.24 Å². The van der Waals surface area contributed by atoms with Crippen molar-refractivity contribution >= 4 is 9.24 Å². The van der Waals surface area contributed by atoms with Gasteiger partial charge in [-0.15, -0.1) is 9.24 Å². The first-order valence-electron chi connectivity index (χ1n) is 4.13. The average molecular weight is 144 g/mol. The highest BCUT2D eigenvalue weighted by Crippen LogP contribution is 2.26. The van der Waals surface area contributed by atoms with Gasteiger partial charge in [0.05, 0.1) is 0 Å². The number of hydrogen-bond acceptors (Lipinski definition) is 0. The van der Waals surface area contributed by atoms with Gasteiger partial charge in [-0.05, 0) is 18.5 Å². The van der Waals surface area contributed by atoms with Gasteiger partial charge >= 0.3 is 0 Å². The Bertz CT molecular complexity index is 62.2. The van der Waals surface area contributed by atoms with Gasteiger partial charge in [0.15, 0.2) is 0 Å². The molecule has 0 saturated heterocycles. The molecule has 0 aliphatic heterocycles. The van der Waals surface area contributed by atoms with Gasteiger partial charge in [-0.3, -0.25) is 0 Å². The van der Waals surface area contributed by atoms with Crippen LogP contribution in [0.15, 0.2) is 0 Å². The first kappa shape index (κ1) is 7.54. The summed E-state index contributed by atoms with van der Waals surface area (Å²) in [6.07, 6.45) is 10.3. The monoisotopic (exact) mass is 144 g/mol. The van der Waals surface area contributed by atoms with E-state index in [-0.39, 0.29) is 0 Å². The normalized spacial score (nSPS) is 22.3. The van der Waals surface area contributed by atoms with E-state index in [1.54, 1.807) is 0 Å². The minimum atomic E-state index is 1.08. The highest BCUT2D eigenvalue weighted by atomic mass is 31.0. The smallest absolute Gasteiger partial charge is 0.0378 e. The molecule has 1 heteroatoms. The second-order valence-corrected chi connectivity index (χ2v) is 3.66. The zero-order valence-corrected chi connectivity index (χ0v) is 7.26. The zero-order chi connectivity index (χ0) is 6.53. The average Bonchev–Trinajstić information content (AvgIpc) is 1.91. The van der Waals surface area contributed by atoms with Gasteiger partial charge in [0.1, 0.15) is 0 Å². The minimum Gasteiger partial charge on any atom is -0.138 e. The highest BCUT2D eigenvalue weighted by Gasteiger charge is 2.11. The summed E-state index contributed by atoms with van der Waals surface area (Å²) in [5, 5.41) is 0. The maximum absolute atomic E-state index is 2.83. The molecule has 0 radical (unpaired) electrons. The molecule has 0 heterocycles. The van der Waals surface area contributed by atoms with Gasteiger partial charge in [-0.2, -0.15) is 0 Å². The summed E-state index contributed by atoms with van der Waals surface area (Å²) in [5.41, 5.74) is 0. The molecule has 1 aliphatic rings. The van der Waals surface area contributed by atoms with Crippen LogP contribution in [0.3, 0.4) is 0 Å². The van der Waals surface area contributed by atoms with Crippen molar-refractivity contribution in [2.24, 2.45) is 5.92 Å². The van der Waals surface area contributed by atoms with Crippen molar-refractivity contribution < 1.29 is 0 Å². The Morgan fingerprint density at radius 1 is 1.11 bits per heavy atom. The van der Waals surface area contributed by atoms with E-state index in [2.05, 4.69) is 9.24 Å². The fraction of sp³-hybridized carbons (Fsp3) is 1.00. The fourth-order valence-electron chi connectivity index (χ4n) is 1.71. The fourth-order valence-corrected chi connectivity index (χ4v) is 2.18. The largest absolute Gasteiger partial charge is 0.138 e. The van der Waals surface area contributed by atoms with Crippen LogP contribution in [0.1, 0.15) is 38.5 Å². The summed E-state index contributed by atoms with van der Waals surface area (Å²) in [5.74, 6) is 1.08. The van der Waals surface area contributed by atoms with E-state index >= 15 is 0 Å². The topological polar surface area (TPSA) is 0 Å². The van der Waals surface area contributed by atoms with Crippen LogP contribution in [0.5, 0.6) is 0 Å². The van der Waals surface area contributed by atoms with Crippen LogP contribution in [0.4, 0.5) is 0 Å². The maximum Gasteiger partial charge on any atom is -0.0378 e. The van der Waals surface area contributed by atoms with Crippen LogP contribution in [-0.2, 0) is 0 Å². The summed E-state index contributed by atoms with van der Waals surface area (Å²) in [7, 11) is 2.83. The molecule has 0 nitrogen and oxygen atoms in total. The first-order valence-corrected chi connectivity index (χ1v) is 4.95. The van der Waals surface area contributed by atoms with E-state index in [0.717, 1.165) is 5.92 Å². The van der Waals surface area contributed by atoms with Crippen molar-refractivity contribution in [1.29, 1.82) is 0 Å². The van der Waals surface area contributed by atoms with Crippen LogP contribution in [0.2, 0.25) is 0 Å². The first-order chi connectivity index (χ1) is 4.43. The second-order valence-electron chi connectivity index (χ2n) is 3.08. The molecule has 54 valence electrons. The van der Waals surface area contributed by atoms with Crippen LogP contribution in [0.25, 0.3) is 0 Å². The molecule has 0 aromatic heterocycles. The summed E-state index contributed by atoms with van der Waals surface area (Å²) in [6, 6.07) is 0. The predicted octanol–water partition coefficient (Wildman–Crippen LogP) is 2.83. The Hall–Kier alpha value is 0.430. The Morgan fingerprint density at radius 2 is 1.78 bits per heavy atom. The van der Waals surface area contributed by atoms with Crippen LogP contribution < -0.4 is 0 Å². The van der Waals surface area contributed by atoms with E-state index in [1.165, 1.54) is 44.7 Å². The summed E-state index contributed by atoms with van der Waals surface area (Å²) in [6.45, 7) is 0. The molecule has 1 rings (SSSR count). The molecular formula is C8H17P. The zero-order valence-electron chi connectivity index (χ0n) is 6.10. The molecule has 1 saturated carbocycles. The standard InChI is InChI=1S/C8H17P/c9-7-6-8-4-2-1-3-5-8/h8H,1-7,9H2. The van der Waals surface area contributed by atoms with Gasteiger partial charge < -0.3 is 0 Å². The van der Waals surface area contributed by atoms with E-state index in [4.69, 9.17) is 0 Å². The third kappa shape index (κ3) is 2.67. The van der Waals surface area contributed by atoms with Crippen molar-refractivity contribution in [3.05, 3.63) is 0 Å². The molecule has 0 aromatic rings. The molecule has 1 unspecified atom stereocenters. The SMILES string of the molecule is PCCC1CCCCC1. The van der Waals surface area contributed by atoms with Crippen LogP contribution in [0, 0.1) is 5.92 Å². The number of rotatable bonds is 2. The van der Waals surface area contributed by atoms with Gasteiger partial charge in [-0.25, -0.2) is 0 Å². The van der Waals surface area contributed by atoms with E-state index in [1.807, 2.05) is 0 Å². The molecule has 0 amide bonds. The lowest BCUT2D eigenvalue weighted by atomic mass is 9.88. The van der Waals surface area contributed by atoms with Crippen molar-refractivity contribution in [2.75, 3.05) is 6.16 Å². The number of hydrogen-bond donors (Lipinski definition) is 0. The van der Waals surface area contributed by atoms with E-state index in [0.29, 0.717) is 0 Å². The maximum atomic E-state index is 2.83. The van der Waals surface area contributed by atoms with Gasteiger partial charge in [-0.1, -0.05) is 32.1 Å². The van der Waals surface area contributed by atoms with Crippen molar-refractivity contribution in [2.45, 2.75) is 38.5 Å². The molecule has 1 aliphatic carbocycles. The molecule has 1 fully saturated rings. The second kappa shape index (κ2) is 4.28. The van der Waals surface area contributed by atoms with Gasteiger partial charge in [0, 0.05) is 0 Å². The lowest BCUT2D eigenvalue weighted by Crippen LogP contribution is -2.05. The Balaban J connectivity index is 2.08. The lowest BCUT2D eigenvalue weighted by Gasteiger charge is -2.20. The summed E-state index contributed by atoms with van der Waals surface area (Å²) < 4.78 is 0. The molecule has 9 heavy (non-hydrogen) atoms. The Labute approximate surface area is 60.6 Å². The van der Waals surface area contributed by atoms with Crippen molar-refractivity contribution in [3.63, 3.8) is 0 Å². The lowest BCUT2D eigenvalue weighted by molar-refractivity contribution is 0.351. The van der Waals surface area contributed by atoms with Gasteiger partial charge in [0.2, 0.25) is 0 Å². The molecule has 0 bridgehead atoms. The van der Waals surface area contributed by atoms with E-state index < -0.39 is 0 Å².